The molecule has 8 heteroatoms. The Kier molecular flexibility index (Phi) is 4.20. The van der Waals surface area contributed by atoms with Gasteiger partial charge >= 0.3 is 10.1 Å². The van der Waals surface area contributed by atoms with Gasteiger partial charge in [0.2, 0.25) is 0 Å². The predicted octanol–water partition coefficient (Wildman–Crippen LogP) is 3.81. The molecule has 0 spiro atoms. The average Bonchev–Trinajstić information content (AvgIpc) is 2.27. The zero-order valence-corrected chi connectivity index (χ0v) is 12.3. The van der Waals surface area contributed by atoms with Crippen LogP contribution in [0.15, 0.2) is 41.6 Å². The molecule has 2 aromatic rings. The maximum Gasteiger partial charge on any atom is 0.342 e. The van der Waals surface area contributed by atoms with Crippen LogP contribution in [0.5, 0.6) is 5.75 Å². The lowest BCUT2D eigenvalue weighted by atomic mass is 10.4. The van der Waals surface area contributed by atoms with Crippen LogP contribution in [0.1, 0.15) is 0 Å². The minimum absolute atomic E-state index is 0.0598. The Morgan fingerprint density at radius 1 is 1.11 bits per heavy atom. The van der Waals surface area contributed by atoms with Crippen molar-refractivity contribution in [2.45, 2.75) is 4.90 Å². The van der Waals surface area contributed by atoms with Gasteiger partial charge in [-0.05, 0) is 24.3 Å². The van der Waals surface area contributed by atoms with Gasteiger partial charge < -0.3 is 4.18 Å². The molecule has 0 saturated carbocycles. The van der Waals surface area contributed by atoms with E-state index in [0.29, 0.717) is 0 Å². The summed E-state index contributed by atoms with van der Waals surface area (Å²) in [6, 6.07) is 5.53. The second-order valence-electron chi connectivity index (χ2n) is 3.42. The van der Waals surface area contributed by atoms with Gasteiger partial charge in [0, 0.05) is 11.2 Å². The monoisotopic (exact) mass is 337 g/mol. The van der Waals surface area contributed by atoms with Gasteiger partial charge in [-0.15, -0.1) is 0 Å². The van der Waals surface area contributed by atoms with E-state index in [-0.39, 0.29) is 25.7 Å². The molecule has 1 heterocycles. The largest absolute Gasteiger partial charge is 0.377 e. The maximum absolute atomic E-state index is 12.1. The van der Waals surface area contributed by atoms with E-state index in [1.165, 1.54) is 36.7 Å². The Bertz CT molecular complexity index is 681. The summed E-state index contributed by atoms with van der Waals surface area (Å²) in [7, 11) is -4.15. The molecule has 19 heavy (non-hydrogen) atoms. The third-order valence-electron chi connectivity index (χ3n) is 2.05. The van der Waals surface area contributed by atoms with Gasteiger partial charge in [0.1, 0.15) is 4.90 Å². The van der Waals surface area contributed by atoms with E-state index in [4.69, 9.17) is 39.0 Å². The van der Waals surface area contributed by atoms with Crippen LogP contribution >= 0.6 is 34.8 Å². The van der Waals surface area contributed by atoms with Crippen molar-refractivity contribution in [2.75, 3.05) is 0 Å². The molecular weight excluding hydrogens is 333 g/mol. The zero-order chi connectivity index (χ0) is 14.0. The van der Waals surface area contributed by atoms with E-state index in [2.05, 4.69) is 4.98 Å². The number of hydrogen-bond acceptors (Lipinski definition) is 4. The maximum atomic E-state index is 12.1. The molecule has 0 unspecified atom stereocenters. The van der Waals surface area contributed by atoms with Crippen molar-refractivity contribution >= 4 is 44.9 Å². The molecule has 0 aliphatic rings. The van der Waals surface area contributed by atoms with Crippen LogP contribution in [0.4, 0.5) is 0 Å². The van der Waals surface area contributed by atoms with Crippen LogP contribution in [0, 0.1) is 0 Å². The van der Waals surface area contributed by atoms with Crippen LogP contribution in [0.3, 0.4) is 0 Å². The smallest absolute Gasteiger partial charge is 0.342 e. The first-order valence-electron chi connectivity index (χ1n) is 4.89. The van der Waals surface area contributed by atoms with Crippen LogP contribution in [-0.2, 0) is 10.1 Å². The topological polar surface area (TPSA) is 56.3 Å². The summed E-state index contributed by atoms with van der Waals surface area (Å²) < 4.78 is 29.1. The van der Waals surface area contributed by atoms with Crippen molar-refractivity contribution in [1.29, 1.82) is 0 Å². The fraction of sp³-hybridized carbons (Fsp3) is 0. The summed E-state index contributed by atoms with van der Waals surface area (Å²) in [4.78, 5) is 3.42. The molecule has 2 rings (SSSR count). The van der Waals surface area contributed by atoms with Crippen molar-refractivity contribution < 1.29 is 12.6 Å². The first-order valence-corrected chi connectivity index (χ1v) is 7.43. The predicted molar refractivity (Wildman–Crippen MR) is 73.5 cm³/mol. The molecule has 100 valence electrons. The fourth-order valence-corrected chi connectivity index (χ4v) is 3.75. The van der Waals surface area contributed by atoms with E-state index in [1.54, 1.807) is 0 Å². The molecule has 0 radical (unpaired) electrons. The quantitative estimate of drug-likeness (QED) is 0.799. The molecule has 0 saturated heterocycles. The second-order valence-corrected chi connectivity index (χ2v) is 6.16. The zero-order valence-electron chi connectivity index (χ0n) is 9.18. The molecule has 0 bridgehead atoms. The van der Waals surface area contributed by atoms with E-state index in [9.17, 15) is 8.42 Å². The summed E-state index contributed by atoms with van der Waals surface area (Å²) in [6.07, 6.45) is 2.75. The van der Waals surface area contributed by atoms with Gasteiger partial charge in [-0.2, -0.15) is 8.42 Å². The van der Waals surface area contributed by atoms with Crippen LogP contribution in [0.25, 0.3) is 0 Å². The van der Waals surface area contributed by atoms with E-state index in [1.807, 2.05) is 0 Å². The lowest BCUT2D eigenvalue weighted by Gasteiger charge is -2.09. The minimum Gasteiger partial charge on any atom is -0.377 e. The van der Waals surface area contributed by atoms with Gasteiger partial charge in [0.05, 0.1) is 16.2 Å². The Labute approximate surface area is 125 Å². The van der Waals surface area contributed by atoms with Gasteiger partial charge in [-0.1, -0.05) is 34.8 Å². The van der Waals surface area contributed by atoms with Gasteiger partial charge in [0.25, 0.3) is 0 Å². The molecule has 0 aliphatic heterocycles. The Morgan fingerprint density at radius 2 is 1.74 bits per heavy atom. The minimum atomic E-state index is -4.15. The van der Waals surface area contributed by atoms with Crippen LogP contribution in [0.2, 0.25) is 15.1 Å². The Balaban J connectivity index is 2.46. The van der Waals surface area contributed by atoms with Gasteiger partial charge in [-0.25, -0.2) is 0 Å². The summed E-state index contributed by atoms with van der Waals surface area (Å²) >= 11 is 17.4. The third kappa shape index (κ3) is 3.30. The van der Waals surface area contributed by atoms with E-state index >= 15 is 0 Å². The summed E-state index contributed by atoms with van der Waals surface area (Å²) in [5, 5.41) is 0.0121. The molecule has 1 aromatic carbocycles. The number of aromatic nitrogens is 1. The van der Waals surface area contributed by atoms with E-state index < -0.39 is 10.1 Å². The molecule has 4 nitrogen and oxygen atoms in total. The van der Waals surface area contributed by atoms with Crippen LogP contribution < -0.4 is 4.18 Å². The van der Waals surface area contributed by atoms with Crippen molar-refractivity contribution in [2.24, 2.45) is 0 Å². The van der Waals surface area contributed by atoms with Crippen LogP contribution in [-0.4, -0.2) is 13.4 Å². The summed E-state index contributed by atoms with van der Waals surface area (Å²) in [5.41, 5.74) is 0. The summed E-state index contributed by atoms with van der Waals surface area (Å²) in [6.45, 7) is 0. The normalized spacial score (nSPS) is 11.3. The molecule has 0 N–H and O–H groups in total. The van der Waals surface area contributed by atoms with Crippen molar-refractivity contribution in [1.82, 2.24) is 4.98 Å². The standard InChI is InChI=1S/C11H6Cl3NO3S/c12-7-4-9(13)11(10(14)5-7)19(16,17)18-8-2-1-3-15-6-8/h1-6H. The fourth-order valence-electron chi connectivity index (χ4n) is 1.33. The highest BCUT2D eigenvalue weighted by Crippen LogP contribution is 2.34. The molecular formula is C11H6Cl3NO3S. The lowest BCUT2D eigenvalue weighted by molar-refractivity contribution is 0.485. The van der Waals surface area contributed by atoms with Crippen molar-refractivity contribution in [3.8, 4) is 5.75 Å². The third-order valence-corrected chi connectivity index (χ3v) is 4.44. The Hall–Kier alpha value is -1.01. The first-order chi connectivity index (χ1) is 8.90. The highest BCUT2D eigenvalue weighted by Gasteiger charge is 2.24. The number of benzene rings is 1. The first kappa shape index (κ1) is 14.4. The van der Waals surface area contributed by atoms with E-state index in [0.717, 1.165) is 0 Å². The number of rotatable bonds is 3. The number of hydrogen-bond donors (Lipinski definition) is 0. The number of pyridine rings is 1. The molecule has 0 aliphatic carbocycles. The molecule has 0 amide bonds. The van der Waals surface area contributed by atoms with Crippen molar-refractivity contribution in [3.63, 3.8) is 0 Å². The highest BCUT2D eigenvalue weighted by atomic mass is 35.5. The second kappa shape index (κ2) is 5.54. The van der Waals surface area contributed by atoms with Crippen molar-refractivity contribution in [3.05, 3.63) is 51.7 Å². The summed E-state index contributed by atoms with van der Waals surface area (Å²) in [5.74, 6) is 0.0598. The average molecular weight is 339 g/mol. The lowest BCUT2D eigenvalue weighted by Crippen LogP contribution is -2.11. The SMILES string of the molecule is O=S(=O)(Oc1cccnc1)c1c(Cl)cc(Cl)cc1Cl. The molecule has 0 atom stereocenters. The van der Waals surface area contributed by atoms with Gasteiger partial charge in [0.15, 0.2) is 5.75 Å². The number of halogens is 3. The molecule has 1 aromatic heterocycles. The molecule has 0 fully saturated rings. The Morgan fingerprint density at radius 3 is 2.26 bits per heavy atom. The number of nitrogens with zero attached hydrogens (tertiary/aromatic N) is 1. The highest BCUT2D eigenvalue weighted by molar-refractivity contribution is 7.87. The van der Waals surface area contributed by atoms with Gasteiger partial charge in [-0.3, -0.25) is 4.98 Å².